The fraction of sp³-hybridized carbons (Fsp3) is 0.556. The van der Waals surface area contributed by atoms with Crippen LogP contribution in [0.2, 0.25) is 0 Å². The van der Waals surface area contributed by atoms with Crippen LogP contribution in [0.25, 0.3) is 0 Å². The Morgan fingerprint density at radius 3 is 2.27 bits per heavy atom. The number of nitrogens with one attached hydrogen (secondary N) is 1. The summed E-state index contributed by atoms with van der Waals surface area (Å²) in [5.74, 6) is -1.46. The van der Waals surface area contributed by atoms with Gasteiger partial charge in [-0.3, -0.25) is 9.59 Å². The van der Waals surface area contributed by atoms with E-state index in [1.54, 1.807) is 27.7 Å². The Balaban J connectivity index is 3.05. The van der Waals surface area contributed by atoms with Crippen LogP contribution in [-0.4, -0.2) is 49.3 Å². The molecule has 1 aromatic rings. The molecule has 0 fully saturated rings. The van der Waals surface area contributed by atoms with Crippen molar-refractivity contribution in [3.8, 4) is 0 Å². The Morgan fingerprint density at radius 1 is 1.23 bits per heavy atom. The molecule has 0 aliphatic carbocycles. The zero-order valence-corrected chi connectivity index (χ0v) is 16.8. The molecule has 0 aromatic heterocycles. The molecule has 8 heteroatoms. The molecule has 0 heterocycles. The van der Waals surface area contributed by atoms with Gasteiger partial charge in [0.05, 0.1) is 10.3 Å². The second kappa shape index (κ2) is 8.64. The van der Waals surface area contributed by atoms with Gasteiger partial charge in [0.2, 0.25) is 10.0 Å². The molecule has 0 saturated carbocycles. The number of nitrogens with zero attached hydrogens (tertiary/aromatic N) is 1. The second-order valence-corrected chi connectivity index (χ2v) is 8.62. The molecule has 1 aromatic carbocycles. The van der Waals surface area contributed by atoms with E-state index in [9.17, 15) is 23.1 Å². The van der Waals surface area contributed by atoms with Gasteiger partial charge in [-0.25, -0.2) is 8.42 Å². The Hall–Kier alpha value is -1.93. The van der Waals surface area contributed by atoms with E-state index in [1.165, 1.54) is 35.6 Å². The van der Waals surface area contributed by atoms with Crippen LogP contribution in [0.4, 0.5) is 0 Å². The molecular formula is C18H28N2O5S. The molecule has 2 N–H and O–H groups in total. The molecule has 0 aliphatic rings. The summed E-state index contributed by atoms with van der Waals surface area (Å²) in [5.41, 5.74) is -0.855. The third kappa shape index (κ3) is 4.62. The van der Waals surface area contributed by atoms with Crippen LogP contribution in [0.15, 0.2) is 29.2 Å². The lowest BCUT2D eigenvalue weighted by Gasteiger charge is -2.27. The van der Waals surface area contributed by atoms with Crippen LogP contribution in [0, 0.1) is 5.41 Å². The highest BCUT2D eigenvalue weighted by Gasteiger charge is 2.35. The summed E-state index contributed by atoms with van der Waals surface area (Å²) < 4.78 is 26.4. The number of hydrogen-bond donors (Lipinski definition) is 2. The smallest absolute Gasteiger partial charge is 0.311 e. The van der Waals surface area contributed by atoms with E-state index in [1.807, 2.05) is 0 Å². The predicted octanol–water partition coefficient (Wildman–Crippen LogP) is 2.34. The molecular weight excluding hydrogens is 356 g/mol. The average molecular weight is 384 g/mol. The minimum atomic E-state index is -3.70. The van der Waals surface area contributed by atoms with E-state index in [2.05, 4.69) is 5.32 Å². The Bertz CT molecular complexity index is 755. The standard InChI is InChI=1S/C18H28N2O5S/c1-6-18(7-2,17(22)23)12-19-16(21)14-9-8-10-15(11-14)26(24,25)20(5)13(3)4/h8-11,13H,6-7,12H2,1-5H3,(H,19,21)(H,22,23). The molecule has 0 unspecified atom stereocenters. The van der Waals surface area contributed by atoms with E-state index in [4.69, 9.17) is 0 Å². The Labute approximate surface area is 155 Å². The molecule has 26 heavy (non-hydrogen) atoms. The molecule has 0 saturated heterocycles. The quantitative estimate of drug-likeness (QED) is 0.680. The number of aliphatic carboxylic acids is 1. The van der Waals surface area contributed by atoms with Gasteiger partial charge in [-0.15, -0.1) is 0 Å². The fourth-order valence-electron chi connectivity index (χ4n) is 2.47. The van der Waals surface area contributed by atoms with Crippen molar-refractivity contribution >= 4 is 21.9 Å². The summed E-state index contributed by atoms with van der Waals surface area (Å²) in [6, 6.07) is 5.53. The largest absolute Gasteiger partial charge is 0.481 e. The van der Waals surface area contributed by atoms with Crippen molar-refractivity contribution in [2.45, 2.75) is 51.5 Å². The lowest BCUT2D eigenvalue weighted by Crippen LogP contribution is -2.42. The highest BCUT2D eigenvalue weighted by molar-refractivity contribution is 7.89. The molecule has 0 spiro atoms. The number of sulfonamides is 1. The number of carboxylic acid groups (broad SMARTS) is 1. The first-order valence-corrected chi connectivity index (χ1v) is 10.1. The van der Waals surface area contributed by atoms with E-state index in [0.29, 0.717) is 12.8 Å². The van der Waals surface area contributed by atoms with E-state index < -0.39 is 27.3 Å². The van der Waals surface area contributed by atoms with Crippen molar-refractivity contribution in [1.82, 2.24) is 9.62 Å². The number of carbonyl (C=O) groups is 2. The summed E-state index contributed by atoms with van der Waals surface area (Å²) in [6.07, 6.45) is 0.763. The maximum absolute atomic E-state index is 12.6. The number of amides is 1. The lowest BCUT2D eigenvalue weighted by molar-refractivity contribution is -0.149. The van der Waals surface area contributed by atoms with E-state index in [0.717, 1.165) is 0 Å². The van der Waals surface area contributed by atoms with Gasteiger partial charge in [-0.05, 0) is 44.9 Å². The zero-order valence-electron chi connectivity index (χ0n) is 15.9. The lowest BCUT2D eigenvalue weighted by atomic mass is 9.82. The molecule has 0 aliphatic heterocycles. The third-order valence-corrected chi connectivity index (χ3v) is 6.92. The number of carboxylic acids is 1. The van der Waals surface area contributed by atoms with Gasteiger partial charge in [0, 0.05) is 25.2 Å². The predicted molar refractivity (Wildman–Crippen MR) is 99.5 cm³/mol. The van der Waals surface area contributed by atoms with Crippen LogP contribution in [-0.2, 0) is 14.8 Å². The minimum absolute atomic E-state index is 0.0168. The van der Waals surface area contributed by atoms with Crippen LogP contribution in [0.1, 0.15) is 50.9 Å². The number of carbonyl (C=O) groups excluding carboxylic acids is 1. The first-order valence-electron chi connectivity index (χ1n) is 8.61. The number of rotatable bonds is 9. The van der Waals surface area contributed by atoms with Gasteiger partial charge in [0.25, 0.3) is 5.91 Å². The molecule has 0 atom stereocenters. The first kappa shape index (κ1) is 22.1. The van der Waals surface area contributed by atoms with Crippen LogP contribution >= 0.6 is 0 Å². The first-order chi connectivity index (χ1) is 12.0. The topological polar surface area (TPSA) is 104 Å². The van der Waals surface area contributed by atoms with Crippen molar-refractivity contribution in [1.29, 1.82) is 0 Å². The summed E-state index contributed by atoms with van der Waals surface area (Å²) in [5, 5.41) is 12.1. The highest BCUT2D eigenvalue weighted by Crippen LogP contribution is 2.26. The molecule has 0 radical (unpaired) electrons. The van der Waals surface area contributed by atoms with Crippen molar-refractivity contribution < 1.29 is 23.1 Å². The molecule has 0 bridgehead atoms. The molecule has 1 rings (SSSR count). The monoisotopic (exact) mass is 384 g/mol. The molecule has 7 nitrogen and oxygen atoms in total. The maximum atomic E-state index is 12.6. The summed E-state index contributed by atoms with van der Waals surface area (Å²) in [6.45, 7) is 7.03. The van der Waals surface area contributed by atoms with E-state index in [-0.39, 0.29) is 23.0 Å². The Morgan fingerprint density at radius 2 is 1.81 bits per heavy atom. The number of hydrogen-bond acceptors (Lipinski definition) is 4. The maximum Gasteiger partial charge on any atom is 0.311 e. The van der Waals surface area contributed by atoms with Crippen molar-refractivity contribution in [3.63, 3.8) is 0 Å². The van der Waals surface area contributed by atoms with Crippen LogP contribution in [0.5, 0.6) is 0 Å². The normalized spacial score (nSPS) is 12.4. The van der Waals surface area contributed by atoms with Crippen LogP contribution in [0.3, 0.4) is 0 Å². The van der Waals surface area contributed by atoms with Gasteiger partial charge < -0.3 is 10.4 Å². The van der Waals surface area contributed by atoms with Crippen molar-refractivity contribution in [2.75, 3.05) is 13.6 Å². The summed E-state index contributed by atoms with van der Waals surface area (Å²) in [4.78, 5) is 24.0. The SMILES string of the molecule is CCC(CC)(CNC(=O)c1cccc(S(=O)(=O)N(C)C(C)C)c1)C(=O)O. The van der Waals surface area contributed by atoms with Gasteiger partial charge in [-0.1, -0.05) is 19.9 Å². The second-order valence-electron chi connectivity index (χ2n) is 6.62. The van der Waals surface area contributed by atoms with Crippen molar-refractivity contribution in [3.05, 3.63) is 29.8 Å². The van der Waals surface area contributed by atoms with Gasteiger partial charge in [0.1, 0.15) is 0 Å². The van der Waals surface area contributed by atoms with E-state index >= 15 is 0 Å². The average Bonchev–Trinajstić information content (AvgIpc) is 2.61. The van der Waals surface area contributed by atoms with Gasteiger partial charge in [-0.2, -0.15) is 4.31 Å². The fourth-order valence-corrected chi connectivity index (χ4v) is 3.89. The Kier molecular flexibility index (Phi) is 7.35. The minimum Gasteiger partial charge on any atom is -0.481 e. The summed E-state index contributed by atoms with van der Waals surface area (Å²) >= 11 is 0. The molecule has 1 amide bonds. The third-order valence-electron chi connectivity index (χ3n) is 4.89. The van der Waals surface area contributed by atoms with Crippen LogP contribution < -0.4 is 5.32 Å². The van der Waals surface area contributed by atoms with Crippen molar-refractivity contribution in [2.24, 2.45) is 5.41 Å². The molecule has 146 valence electrons. The number of benzene rings is 1. The summed E-state index contributed by atoms with van der Waals surface area (Å²) in [7, 11) is -2.22. The highest BCUT2D eigenvalue weighted by atomic mass is 32.2. The van der Waals surface area contributed by atoms with Gasteiger partial charge >= 0.3 is 5.97 Å². The zero-order chi connectivity index (χ0) is 20.1. The van der Waals surface area contributed by atoms with Gasteiger partial charge in [0.15, 0.2) is 0 Å².